The molecule has 0 radical (unpaired) electrons. The number of hydrogen-bond donors (Lipinski definition) is 1. The van der Waals surface area contributed by atoms with Gasteiger partial charge in [-0.15, -0.1) is 0 Å². The summed E-state index contributed by atoms with van der Waals surface area (Å²) < 4.78 is 34.3. The van der Waals surface area contributed by atoms with Crippen molar-refractivity contribution in [1.82, 2.24) is 9.62 Å². The van der Waals surface area contributed by atoms with Gasteiger partial charge in [0, 0.05) is 11.0 Å². The first-order valence-corrected chi connectivity index (χ1v) is 10.8. The summed E-state index contributed by atoms with van der Waals surface area (Å²) in [7, 11) is -3.70. The Morgan fingerprint density at radius 1 is 1.24 bits per heavy atom. The molecule has 5 nitrogen and oxygen atoms in total. The summed E-state index contributed by atoms with van der Waals surface area (Å²) in [5, 5.41) is 0.189. The first-order chi connectivity index (χ1) is 12.0. The molecule has 1 aliphatic heterocycles. The third-order valence-electron chi connectivity index (χ3n) is 4.35. The van der Waals surface area contributed by atoms with Gasteiger partial charge in [-0.05, 0) is 56.3 Å². The lowest BCUT2D eigenvalue weighted by atomic mass is 10.1. The highest BCUT2D eigenvalue weighted by molar-refractivity contribution is 9.10. The van der Waals surface area contributed by atoms with Crippen LogP contribution in [0.15, 0.2) is 50.4 Å². The lowest BCUT2D eigenvalue weighted by Gasteiger charge is -2.33. The van der Waals surface area contributed by atoms with E-state index >= 15 is 0 Å². The van der Waals surface area contributed by atoms with Gasteiger partial charge in [-0.2, -0.15) is 0 Å². The molecule has 1 aliphatic rings. The van der Waals surface area contributed by atoms with Gasteiger partial charge in [0.1, 0.15) is 10.7 Å². The van der Waals surface area contributed by atoms with Gasteiger partial charge < -0.3 is 4.42 Å². The minimum atomic E-state index is -3.70. The lowest BCUT2D eigenvalue weighted by molar-refractivity contribution is 0.147. The molecule has 25 heavy (non-hydrogen) atoms. The van der Waals surface area contributed by atoms with E-state index in [0.29, 0.717) is 0 Å². The van der Waals surface area contributed by atoms with Gasteiger partial charge in [0.25, 0.3) is 0 Å². The Balaban J connectivity index is 1.78. The molecule has 1 unspecified atom stereocenters. The van der Waals surface area contributed by atoms with E-state index in [2.05, 4.69) is 25.6 Å². The van der Waals surface area contributed by atoms with Crippen molar-refractivity contribution in [3.8, 4) is 0 Å². The summed E-state index contributed by atoms with van der Waals surface area (Å²) in [6, 6.07) is 8.32. The Bertz CT molecular complexity index is 805. The quantitative estimate of drug-likeness (QED) is 0.721. The summed E-state index contributed by atoms with van der Waals surface area (Å²) in [6.07, 6.45) is 5.05. The number of hydrogen-bond acceptors (Lipinski definition) is 4. The second-order valence-electron chi connectivity index (χ2n) is 6.05. The van der Waals surface area contributed by atoms with Crippen molar-refractivity contribution >= 4 is 37.6 Å². The van der Waals surface area contributed by atoms with Crippen molar-refractivity contribution in [2.24, 2.45) is 0 Å². The molecule has 0 spiro atoms. The first kappa shape index (κ1) is 18.9. The van der Waals surface area contributed by atoms with E-state index < -0.39 is 10.0 Å². The van der Waals surface area contributed by atoms with Gasteiger partial charge in [-0.1, -0.05) is 34.0 Å². The fourth-order valence-electron chi connectivity index (χ4n) is 3.08. The van der Waals surface area contributed by atoms with Crippen molar-refractivity contribution in [3.05, 3.63) is 51.9 Å². The van der Waals surface area contributed by atoms with E-state index in [0.717, 1.165) is 36.2 Å². The van der Waals surface area contributed by atoms with Gasteiger partial charge in [-0.25, -0.2) is 13.1 Å². The molecule has 1 atom stereocenters. The van der Waals surface area contributed by atoms with Gasteiger partial charge >= 0.3 is 0 Å². The Morgan fingerprint density at radius 2 is 2.00 bits per heavy atom. The smallest absolute Gasteiger partial charge is 0.242 e. The molecule has 2 aromatic rings. The predicted molar refractivity (Wildman–Crippen MR) is 101 cm³/mol. The van der Waals surface area contributed by atoms with Gasteiger partial charge in [0.15, 0.2) is 0 Å². The van der Waals surface area contributed by atoms with Crippen LogP contribution in [0.1, 0.15) is 31.1 Å². The molecule has 1 fully saturated rings. The SMILES string of the molecule is O=S(=O)(NCC(c1ccco1)N1CCCCC1)c1ccc(Br)cc1Cl. The molecule has 1 aromatic heterocycles. The maximum Gasteiger partial charge on any atom is 0.242 e. The Morgan fingerprint density at radius 3 is 2.64 bits per heavy atom. The molecule has 0 amide bonds. The minimum Gasteiger partial charge on any atom is -0.468 e. The Hall–Kier alpha value is -0.860. The number of piperidine rings is 1. The number of likely N-dealkylation sites (tertiary alicyclic amines) is 1. The molecule has 2 heterocycles. The molecule has 8 heteroatoms. The summed E-state index contributed by atoms with van der Waals surface area (Å²) in [4.78, 5) is 2.35. The number of halogens is 2. The van der Waals surface area contributed by atoms with E-state index in [1.54, 1.807) is 18.4 Å². The maximum atomic E-state index is 12.7. The molecule has 0 saturated carbocycles. The zero-order valence-electron chi connectivity index (χ0n) is 13.6. The van der Waals surface area contributed by atoms with Crippen LogP contribution in [-0.2, 0) is 10.0 Å². The molecular formula is C17H20BrClN2O3S. The molecule has 1 saturated heterocycles. The molecule has 1 N–H and O–H groups in total. The second kappa shape index (κ2) is 8.22. The van der Waals surface area contributed by atoms with Gasteiger partial charge in [0.05, 0.1) is 17.3 Å². The van der Waals surface area contributed by atoms with E-state index in [9.17, 15) is 8.42 Å². The van der Waals surface area contributed by atoms with Crippen LogP contribution in [0.4, 0.5) is 0 Å². The monoisotopic (exact) mass is 446 g/mol. The number of rotatable bonds is 6. The number of nitrogens with zero attached hydrogens (tertiary/aromatic N) is 1. The average molecular weight is 448 g/mol. The number of furan rings is 1. The molecule has 3 rings (SSSR count). The van der Waals surface area contributed by atoms with Gasteiger partial charge in [-0.3, -0.25) is 4.90 Å². The highest BCUT2D eigenvalue weighted by atomic mass is 79.9. The predicted octanol–water partition coefficient (Wildman–Crippen LogP) is 4.20. The lowest BCUT2D eigenvalue weighted by Crippen LogP contribution is -2.40. The number of nitrogens with one attached hydrogen (secondary N) is 1. The third-order valence-corrected chi connectivity index (χ3v) is 6.75. The molecular weight excluding hydrogens is 428 g/mol. The van der Waals surface area contributed by atoms with Crippen molar-refractivity contribution in [3.63, 3.8) is 0 Å². The average Bonchev–Trinajstić information content (AvgIpc) is 3.10. The summed E-state index contributed by atoms with van der Waals surface area (Å²) >= 11 is 9.38. The van der Waals surface area contributed by atoms with Crippen molar-refractivity contribution in [2.75, 3.05) is 19.6 Å². The standard InChI is InChI=1S/C17H20BrClN2O3S/c18-13-6-7-17(14(19)11-13)25(22,23)20-12-15(16-5-4-10-24-16)21-8-2-1-3-9-21/h4-7,10-11,15,20H,1-3,8-9,12H2. The van der Waals surface area contributed by atoms with E-state index in [1.807, 2.05) is 12.1 Å². The molecule has 0 aliphatic carbocycles. The van der Waals surface area contributed by atoms with Gasteiger partial charge in [0.2, 0.25) is 10.0 Å². The number of sulfonamides is 1. The first-order valence-electron chi connectivity index (χ1n) is 8.19. The van der Waals surface area contributed by atoms with Crippen molar-refractivity contribution in [1.29, 1.82) is 0 Å². The van der Waals surface area contributed by atoms with Crippen LogP contribution in [-0.4, -0.2) is 33.0 Å². The Kier molecular flexibility index (Phi) is 6.22. The molecule has 136 valence electrons. The highest BCUT2D eigenvalue weighted by Crippen LogP contribution is 2.27. The van der Waals surface area contributed by atoms with Crippen molar-refractivity contribution in [2.45, 2.75) is 30.2 Å². The zero-order chi connectivity index (χ0) is 17.9. The largest absolute Gasteiger partial charge is 0.468 e. The highest BCUT2D eigenvalue weighted by Gasteiger charge is 2.27. The van der Waals surface area contributed by atoms with E-state index in [1.165, 1.54) is 12.5 Å². The summed E-state index contributed by atoms with van der Waals surface area (Å²) in [6.45, 7) is 2.11. The van der Waals surface area contributed by atoms with E-state index in [4.69, 9.17) is 16.0 Å². The minimum absolute atomic E-state index is 0.0780. The van der Waals surface area contributed by atoms with E-state index in [-0.39, 0.29) is 22.5 Å². The van der Waals surface area contributed by atoms with Crippen LogP contribution in [0, 0.1) is 0 Å². The van der Waals surface area contributed by atoms with Crippen LogP contribution in [0.3, 0.4) is 0 Å². The summed E-state index contributed by atoms with van der Waals surface area (Å²) in [5.41, 5.74) is 0. The fourth-order valence-corrected chi connectivity index (χ4v) is 5.15. The van der Waals surface area contributed by atoms with Crippen LogP contribution >= 0.6 is 27.5 Å². The van der Waals surface area contributed by atoms with Crippen LogP contribution in [0.25, 0.3) is 0 Å². The topological polar surface area (TPSA) is 62.6 Å². The van der Waals surface area contributed by atoms with Crippen LogP contribution < -0.4 is 4.72 Å². The third kappa shape index (κ3) is 4.65. The molecule has 0 bridgehead atoms. The maximum absolute atomic E-state index is 12.7. The van der Waals surface area contributed by atoms with Crippen LogP contribution in [0.5, 0.6) is 0 Å². The van der Waals surface area contributed by atoms with Crippen molar-refractivity contribution < 1.29 is 12.8 Å². The second-order valence-corrected chi connectivity index (χ2v) is 9.11. The Labute approximate surface area is 161 Å². The van der Waals surface area contributed by atoms with Crippen LogP contribution in [0.2, 0.25) is 5.02 Å². The normalized spacial score (nSPS) is 17.5. The number of benzene rings is 1. The summed E-state index contributed by atoms with van der Waals surface area (Å²) in [5.74, 6) is 0.770. The molecule has 1 aromatic carbocycles. The fraction of sp³-hybridized carbons (Fsp3) is 0.412. The zero-order valence-corrected chi connectivity index (χ0v) is 16.8.